The average Bonchev–Trinajstić information content (AvgIpc) is 2.87. The zero-order valence-corrected chi connectivity index (χ0v) is 12.5. The minimum atomic E-state index is 0.574. The molecule has 0 unspecified atom stereocenters. The van der Waals surface area contributed by atoms with E-state index < -0.39 is 0 Å². The van der Waals surface area contributed by atoms with Crippen LogP contribution < -0.4 is 0 Å². The van der Waals surface area contributed by atoms with Crippen LogP contribution in [0, 0.1) is 19.3 Å². The number of fused-ring (bicyclic) bond motifs is 1. The third-order valence-corrected chi connectivity index (χ3v) is 4.57. The molecular weight excluding hydrogens is 286 g/mol. The molecule has 0 aliphatic rings. The molecule has 5 heteroatoms. The van der Waals surface area contributed by atoms with Gasteiger partial charge in [0.15, 0.2) is 0 Å². The van der Waals surface area contributed by atoms with E-state index in [0.717, 1.165) is 31.5 Å². The van der Waals surface area contributed by atoms with Crippen LogP contribution in [-0.4, -0.2) is 20.9 Å². The summed E-state index contributed by atoms with van der Waals surface area (Å²) in [5.41, 5.74) is 2.85. The molecule has 20 heavy (non-hydrogen) atoms. The van der Waals surface area contributed by atoms with Gasteiger partial charge in [0.05, 0.1) is 15.5 Å². The van der Waals surface area contributed by atoms with E-state index in [1.54, 1.807) is 11.3 Å². The zero-order valence-electron chi connectivity index (χ0n) is 10.8. The number of aryl methyl sites for hydroxylation is 1. The molecule has 0 N–H and O–H groups in total. The summed E-state index contributed by atoms with van der Waals surface area (Å²) >= 11 is 3.14. The lowest BCUT2D eigenvalue weighted by atomic mass is 10.1. The second-order valence-electron chi connectivity index (χ2n) is 4.12. The topological polar surface area (TPSA) is 38.7 Å². The van der Waals surface area contributed by atoms with Crippen molar-refractivity contribution in [2.75, 3.05) is 5.75 Å². The van der Waals surface area contributed by atoms with Gasteiger partial charge in [-0.05, 0) is 6.92 Å². The Morgan fingerprint density at radius 1 is 1.25 bits per heavy atom. The molecule has 1 aromatic carbocycles. The molecule has 3 rings (SSSR count). The SMILES string of the molecule is C#CCSc1nnc(-c2ccccc2)c2sc(C)nc12. The van der Waals surface area contributed by atoms with Crippen molar-refractivity contribution in [2.24, 2.45) is 0 Å². The lowest BCUT2D eigenvalue weighted by Gasteiger charge is -2.03. The van der Waals surface area contributed by atoms with Crippen molar-refractivity contribution < 1.29 is 0 Å². The van der Waals surface area contributed by atoms with Gasteiger partial charge in [-0.3, -0.25) is 0 Å². The van der Waals surface area contributed by atoms with E-state index >= 15 is 0 Å². The molecule has 98 valence electrons. The molecule has 3 aromatic rings. The van der Waals surface area contributed by atoms with Crippen LogP contribution in [0.1, 0.15) is 5.01 Å². The lowest BCUT2D eigenvalue weighted by Crippen LogP contribution is -1.92. The normalized spacial score (nSPS) is 10.6. The van der Waals surface area contributed by atoms with Gasteiger partial charge >= 0.3 is 0 Å². The standard InChI is InChI=1S/C15H11N3S2/c1-3-9-19-15-13-14(20-10(2)16-13)12(17-18-15)11-7-5-4-6-8-11/h1,4-8H,9H2,2H3. The first kappa shape index (κ1) is 13.1. The first-order chi connectivity index (χ1) is 9.79. The molecular formula is C15H11N3S2. The third kappa shape index (κ3) is 2.40. The van der Waals surface area contributed by atoms with Gasteiger partial charge in [0.25, 0.3) is 0 Å². The molecule has 0 amide bonds. The summed E-state index contributed by atoms with van der Waals surface area (Å²) in [6.45, 7) is 2.00. The molecule has 2 aromatic heterocycles. The van der Waals surface area contributed by atoms with Crippen LogP contribution >= 0.6 is 23.1 Å². The van der Waals surface area contributed by atoms with Crippen LogP contribution in [0.15, 0.2) is 35.4 Å². The number of thioether (sulfide) groups is 1. The predicted octanol–water partition coefficient (Wildman–Crippen LogP) is 3.79. The monoisotopic (exact) mass is 297 g/mol. The van der Waals surface area contributed by atoms with Crippen LogP contribution in [0.2, 0.25) is 0 Å². The van der Waals surface area contributed by atoms with Crippen molar-refractivity contribution in [3.8, 4) is 23.6 Å². The Bertz CT molecular complexity index is 788. The Hall–Kier alpha value is -1.90. The molecule has 0 aliphatic carbocycles. The van der Waals surface area contributed by atoms with Gasteiger partial charge < -0.3 is 0 Å². The molecule has 0 radical (unpaired) electrons. The Balaban J connectivity index is 2.19. The van der Waals surface area contributed by atoms with Gasteiger partial charge in [-0.15, -0.1) is 28.0 Å². The molecule has 0 aliphatic heterocycles. The summed E-state index contributed by atoms with van der Waals surface area (Å²) < 4.78 is 1.07. The largest absolute Gasteiger partial charge is 0.238 e. The number of terminal acetylenes is 1. The van der Waals surface area contributed by atoms with E-state index in [2.05, 4.69) is 21.1 Å². The van der Waals surface area contributed by atoms with Gasteiger partial charge in [0.1, 0.15) is 16.2 Å². The van der Waals surface area contributed by atoms with Crippen molar-refractivity contribution in [1.29, 1.82) is 0 Å². The summed E-state index contributed by atoms with van der Waals surface area (Å²) in [6, 6.07) is 10.1. The zero-order chi connectivity index (χ0) is 13.9. The Morgan fingerprint density at radius 2 is 2.05 bits per heavy atom. The highest BCUT2D eigenvalue weighted by Gasteiger charge is 2.15. The fraction of sp³-hybridized carbons (Fsp3) is 0.133. The minimum Gasteiger partial charge on any atom is -0.238 e. The third-order valence-electron chi connectivity index (χ3n) is 2.73. The average molecular weight is 297 g/mol. The van der Waals surface area contributed by atoms with E-state index in [9.17, 15) is 0 Å². The molecule has 0 saturated heterocycles. The van der Waals surface area contributed by atoms with Crippen LogP contribution in [-0.2, 0) is 0 Å². The van der Waals surface area contributed by atoms with Crippen molar-refractivity contribution in [3.63, 3.8) is 0 Å². The Kier molecular flexibility index (Phi) is 3.68. The van der Waals surface area contributed by atoms with Crippen LogP contribution in [0.4, 0.5) is 0 Å². The number of aromatic nitrogens is 3. The molecule has 0 fully saturated rings. The highest BCUT2D eigenvalue weighted by molar-refractivity contribution is 7.99. The number of nitrogens with zero attached hydrogens (tertiary/aromatic N) is 3. The number of hydrogen-bond acceptors (Lipinski definition) is 5. The van der Waals surface area contributed by atoms with Crippen LogP contribution in [0.3, 0.4) is 0 Å². The van der Waals surface area contributed by atoms with E-state index in [-0.39, 0.29) is 0 Å². The second-order valence-corrected chi connectivity index (χ2v) is 6.29. The smallest absolute Gasteiger partial charge is 0.147 e. The van der Waals surface area contributed by atoms with Crippen molar-refractivity contribution in [2.45, 2.75) is 11.9 Å². The molecule has 0 saturated carbocycles. The van der Waals surface area contributed by atoms with E-state index in [4.69, 9.17) is 6.42 Å². The summed E-state index contributed by atoms with van der Waals surface area (Å²) in [4.78, 5) is 4.58. The maximum atomic E-state index is 5.31. The van der Waals surface area contributed by atoms with Gasteiger partial charge in [-0.25, -0.2) is 4.98 Å². The molecule has 3 nitrogen and oxygen atoms in total. The fourth-order valence-corrected chi connectivity index (χ4v) is 3.51. The summed E-state index contributed by atoms with van der Waals surface area (Å²) in [6.07, 6.45) is 5.31. The Labute approximate surface area is 125 Å². The minimum absolute atomic E-state index is 0.574. The summed E-state index contributed by atoms with van der Waals surface area (Å²) in [7, 11) is 0. The molecule has 0 bridgehead atoms. The van der Waals surface area contributed by atoms with E-state index in [1.807, 2.05) is 37.3 Å². The lowest BCUT2D eigenvalue weighted by molar-refractivity contribution is 0.957. The number of rotatable bonds is 3. The Morgan fingerprint density at radius 3 is 2.80 bits per heavy atom. The highest BCUT2D eigenvalue weighted by atomic mass is 32.2. The van der Waals surface area contributed by atoms with E-state index in [0.29, 0.717) is 5.75 Å². The maximum Gasteiger partial charge on any atom is 0.147 e. The molecule has 0 spiro atoms. The fourth-order valence-electron chi connectivity index (χ4n) is 1.91. The van der Waals surface area contributed by atoms with Gasteiger partial charge in [0, 0.05) is 5.56 Å². The van der Waals surface area contributed by atoms with Crippen molar-refractivity contribution in [1.82, 2.24) is 15.2 Å². The summed E-state index contributed by atoms with van der Waals surface area (Å²) in [5, 5.41) is 10.5. The van der Waals surface area contributed by atoms with Crippen LogP contribution in [0.25, 0.3) is 21.5 Å². The molecule has 2 heterocycles. The van der Waals surface area contributed by atoms with Gasteiger partial charge in [0.2, 0.25) is 0 Å². The predicted molar refractivity (Wildman–Crippen MR) is 84.9 cm³/mol. The first-order valence-corrected chi connectivity index (χ1v) is 7.85. The van der Waals surface area contributed by atoms with E-state index in [1.165, 1.54) is 11.8 Å². The van der Waals surface area contributed by atoms with Gasteiger partial charge in [-0.1, -0.05) is 48.0 Å². The number of hydrogen-bond donors (Lipinski definition) is 0. The van der Waals surface area contributed by atoms with Gasteiger partial charge in [-0.2, -0.15) is 0 Å². The highest BCUT2D eigenvalue weighted by Crippen LogP contribution is 2.34. The maximum absolute atomic E-state index is 5.31. The number of benzene rings is 1. The quantitative estimate of drug-likeness (QED) is 0.544. The molecule has 0 atom stereocenters. The summed E-state index contributed by atoms with van der Waals surface area (Å²) in [5.74, 6) is 3.18. The van der Waals surface area contributed by atoms with Crippen molar-refractivity contribution >= 4 is 33.3 Å². The first-order valence-electron chi connectivity index (χ1n) is 6.05. The number of thiazole rings is 1. The van der Waals surface area contributed by atoms with Crippen molar-refractivity contribution in [3.05, 3.63) is 35.3 Å². The second kappa shape index (κ2) is 5.61. The van der Waals surface area contributed by atoms with Crippen LogP contribution in [0.5, 0.6) is 0 Å².